The number of thiophene rings is 1. The number of hydrogen-bond donors (Lipinski definition) is 3. The number of anilines is 2. The van der Waals surface area contributed by atoms with Crippen LogP contribution in [0.5, 0.6) is 0 Å². The molecule has 1 aliphatic heterocycles. The van der Waals surface area contributed by atoms with Crippen molar-refractivity contribution in [3.8, 4) is 0 Å². The summed E-state index contributed by atoms with van der Waals surface area (Å²) in [5.74, 6) is 6.61. The van der Waals surface area contributed by atoms with E-state index in [4.69, 9.17) is 15.3 Å². The van der Waals surface area contributed by atoms with Gasteiger partial charge in [0.05, 0.1) is 12.0 Å². The summed E-state index contributed by atoms with van der Waals surface area (Å²) in [5, 5.41) is 4.37. The lowest BCUT2D eigenvalue weighted by atomic mass is 10.0. The molecule has 1 saturated heterocycles. The van der Waals surface area contributed by atoms with E-state index < -0.39 is 0 Å². The summed E-state index contributed by atoms with van der Waals surface area (Å²) >= 11 is 1.62. The predicted octanol–water partition coefficient (Wildman–Crippen LogP) is 1.50. The molecule has 3 rings (SSSR count). The van der Waals surface area contributed by atoms with Crippen LogP contribution in [0.1, 0.15) is 11.3 Å². The Kier molecular flexibility index (Phi) is 3.94. The third-order valence-corrected chi connectivity index (χ3v) is 4.67. The van der Waals surface area contributed by atoms with Crippen molar-refractivity contribution in [3.63, 3.8) is 0 Å². The molecular weight excluding hydrogens is 290 g/mol. The largest absolute Gasteiger partial charge is 0.378 e. The number of aryl methyl sites for hydroxylation is 1. The van der Waals surface area contributed by atoms with Crippen LogP contribution in [-0.2, 0) is 9.47 Å². The average Bonchev–Trinajstić information content (AvgIpc) is 3.10. The van der Waals surface area contributed by atoms with Crippen molar-refractivity contribution in [2.75, 3.05) is 37.6 Å². The van der Waals surface area contributed by atoms with Crippen LogP contribution in [0.15, 0.2) is 6.07 Å². The second kappa shape index (κ2) is 5.72. The highest BCUT2D eigenvalue weighted by Crippen LogP contribution is 2.30. The van der Waals surface area contributed by atoms with Crippen molar-refractivity contribution in [3.05, 3.63) is 10.9 Å². The van der Waals surface area contributed by atoms with Crippen LogP contribution in [0.25, 0.3) is 10.2 Å². The molecule has 7 nitrogen and oxygen atoms in total. The SMILES string of the molecule is COC1(CNc2nc(NN)nc3sc(C)cc23)CCOC1. The Bertz CT molecular complexity index is 639. The number of nitrogens with one attached hydrogen (secondary N) is 2. The van der Waals surface area contributed by atoms with Crippen molar-refractivity contribution in [2.24, 2.45) is 5.84 Å². The molecule has 0 radical (unpaired) electrons. The van der Waals surface area contributed by atoms with Crippen LogP contribution in [0.3, 0.4) is 0 Å². The molecule has 0 aromatic carbocycles. The maximum atomic E-state index is 5.63. The summed E-state index contributed by atoms with van der Waals surface area (Å²) in [5.41, 5.74) is 2.22. The van der Waals surface area contributed by atoms with Crippen LogP contribution in [0, 0.1) is 6.92 Å². The third-order valence-electron chi connectivity index (χ3n) is 3.72. The minimum atomic E-state index is -0.293. The van der Waals surface area contributed by atoms with E-state index in [9.17, 15) is 0 Å². The topological polar surface area (TPSA) is 94.3 Å². The summed E-state index contributed by atoms with van der Waals surface area (Å²) in [4.78, 5) is 10.9. The lowest BCUT2D eigenvalue weighted by molar-refractivity contribution is -0.00623. The number of aromatic nitrogens is 2. The van der Waals surface area contributed by atoms with Crippen LogP contribution in [0.2, 0.25) is 0 Å². The van der Waals surface area contributed by atoms with E-state index in [1.165, 1.54) is 4.88 Å². The first-order valence-electron chi connectivity index (χ1n) is 6.77. The molecule has 1 fully saturated rings. The van der Waals surface area contributed by atoms with Gasteiger partial charge in [-0.1, -0.05) is 0 Å². The van der Waals surface area contributed by atoms with Crippen molar-refractivity contribution >= 4 is 33.3 Å². The van der Waals surface area contributed by atoms with Crippen LogP contribution < -0.4 is 16.6 Å². The second-order valence-electron chi connectivity index (χ2n) is 5.16. The third kappa shape index (κ3) is 2.80. The van der Waals surface area contributed by atoms with Gasteiger partial charge in [-0.05, 0) is 13.0 Å². The number of nitrogens with zero attached hydrogens (tertiary/aromatic N) is 2. The lowest BCUT2D eigenvalue weighted by Gasteiger charge is -2.26. The number of nitrogens with two attached hydrogens (primary N) is 1. The second-order valence-corrected chi connectivity index (χ2v) is 6.39. The molecule has 2 aromatic heterocycles. The minimum absolute atomic E-state index is 0.293. The number of ether oxygens (including phenoxy) is 2. The molecule has 1 aliphatic rings. The van der Waals surface area contributed by atoms with Gasteiger partial charge < -0.3 is 14.8 Å². The highest BCUT2D eigenvalue weighted by molar-refractivity contribution is 7.18. The van der Waals surface area contributed by atoms with E-state index >= 15 is 0 Å². The summed E-state index contributed by atoms with van der Waals surface area (Å²) in [6, 6.07) is 2.08. The molecule has 0 bridgehead atoms. The highest BCUT2D eigenvalue weighted by atomic mass is 32.1. The Morgan fingerprint density at radius 1 is 1.52 bits per heavy atom. The number of nitrogen functional groups attached to an aromatic ring is 1. The van der Waals surface area contributed by atoms with Crippen LogP contribution in [0.4, 0.5) is 11.8 Å². The van der Waals surface area contributed by atoms with Crippen LogP contribution >= 0.6 is 11.3 Å². The molecule has 1 unspecified atom stereocenters. The van der Waals surface area contributed by atoms with E-state index in [0.29, 0.717) is 19.1 Å². The van der Waals surface area contributed by atoms with Gasteiger partial charge in [-0.15, -0.1) is 11.3 Å². The van der Waals surface area contributed by atoms with Gasteiger partial charge in [-0.25, -0.2) is 10.8 Å². The monoisotopic (exact) mass is 309 g/mol. The molecule has 0 saturated carbocycles. The van der Waals surface area contributed by atoms with Gasteiger partial charge in [0.1, 0.15) is 16.2 Å². The fourth-order valence-electron chi connectivity index (χ4n) is 2.45. The summed E-state index contributed by atoms with van der Waals surface area (Å²) in [7, 11) is 1.72. The summed E-state index contributed by atoms with van der Waals surface area (Å²) < 4.78 is 11.1. The first-order valence-corrected chi connectivity index (χ1v) is 7.59. The van der Waals surface area contributed by atoms with Crippen molar-refractivity contribution < 1.29 is 9.47 Å². The maximum Gasteiger partial charge on any atom is 0.240 e. The zero-order valence-corrected chi connectivity index (χ0v) is 12.9. The average molecular weight is 309 g/mol. The molecule has 3 heterocycles. The Labute approximate surface area is 126 Å². The molecule has 114 valence electrons. The first kappa shape index (κ1) is 14.5. The standard InChI is InChI=1S/C13H19N5O2S/c1-8-5-9-10(16-12(18-14)17-11(9)21-8)15-6-13(19-2)3-4-20-7-13/h5H,3-4,6-7,14H2,1-2H3,(H2,15,16,17,18). The van der Waals surface area contributed by atoms with Crippen molar-refractivity contribution in [2.45, 2.75) is 18.9 Å². The number of fused-ring (bicyclic) bond motifs is 1. The van der Waals surface area contributed by atoms with Gasteiger partial charge in [-0.3, -0.25) is 5.43 Å². The predicted molar refractivity (Wildman–Crippen MR) is 83.6 cm³/mol. The lowest BCUT2D eigenvalue weighted by Crippen LogP contribution is -2.39. The van der Waals surface area contributed by atoms with Gasteiger partial charge in [0.15, 0.2) is 0 Å². The van der Waals surface area contributed by atoms with Crippen LogP contribution in [-0.4, -0.2) is 42.4 Å². The smallest absolute Gasteiger partial charge is 0.240 e. The van der Waals surface area contributed by atoms with Crippen molar-refractivity contribution in [1.82, 2.24) is 9.97 Å². The molecular formula is C13H19N5O2S. The Morgan fingerprint density at radius 3 is 3.05 bits per heavy atom. The Morgan fingerprint density at radius 2 is 2.38 bits per heavy atom. The normalized spacial score (nSPS) is 21.9. The highest BCUT2D eigenvalue weighted by Gasteiger charge is 2.35. The Balaban J connectivity index is 1.88. The number of methoxy groups -OCH3 is 1. The Hall–Kier alpha value is -1.48. The molecule has 1 atom stereocenters. The molecule has 0 aliphatic carbocycles. The molecule has 21 heavy (non-hydrogen) atoms. The number of hydrogen-bond acceptors (Lipinski definition) is 8. The van der Waals surface area contributed by atoms with Crippen molar-refractivity contribution in [1.29, 1.82) is 0 Å². The van der Waals surface area contributed by atoms with Gasteiger partial charge in [-0.2, -0.15) is 4.98 Å². The van der Waals surface area contributed by atoms with Gasteiger partial charge in [0, 0.05) is 31.6 Å². The molecule has 8 heteroatoms. The van der Waals surface area contributed by atoms with E-state index in [1.807, 2.05) is 6.92 Å². The number of rotatable bonds is 5. The van der Waals surface area contributed by atoms with E-state index in [-0.39, 0.29) is 5.60 Å². The van der Waals surface area contributed by atoms with Gasteiger partial charge in [0.2, 0.25) is 5.95 Å². The minimum Gasteiger partial charge on any atom is -0.378 e. The van der Waals surface area contributed by atoms with E-state index in [1.54, 1.807) is 18.4 Å². The van der Waals surface area contributed by atoms with E-state index in [2.05, 4.69) is 26.8 Å². The quantitative estimate of drug-likeness (QED) is 0.569. The number of hydrazine groups is 1. The first-order chi connectivity index (χ1) is 10.2. The summed E-state index contributed by atoms with van der Waals surface area (Å²) in [6.07, 6.45) is 0.870. The fourth-order valence-corrected chi connectivity index (χ4v) is 3.33. The zero-order valence-electron chi connectivity index (χ0n) is 12.1. The maximum absolute atomic E-state index is 5.63. The fraction of sp³-hybridized carbons (Fsp3) is 0.538. The zero-order chi connectivity index (χ0) is 14.9. The molecule has 4 N–H and O–H groups in total. The molecule has 0 spiro atoms. The molecule has 0 amide bonds. The molecule has 2 aromatic rings. The van der Waals surface area contributed by atoms with E-state index in [0.717, 1.165) is 29.1 Å². The van der Waals surface area contributed by atoms with Gasteiger partial charge in [0.25, 0.3) is 0 Å². The summed E-state index contributed by atoms with van der Waals surface area (Å²) in [6.45, 7) is 4.00. The van der Waals surface area contributed by atoms with Gasteiger partial charge >= 0.3 is 0 Å².